The van der Waals surface area contributed by atoms with Crippen LogP contribution in [-0.4, -0.2) is 67.2 Å². The lowest BCUT2D eigenvalue weighted by molar-refractivity contribution is -0.116. The summed E-state index contributed by atoms with van der Waals surface area (Å²) in [6.45, 7) is 6.10. The van der Waals surface area contributed by atoms with Crippen molar-refractivity contribution in [3.63, 3.8) is 0 Å². The molecule has 0 unspecified atom stereocenters. The second kappa shape index (κ2) is 8.69. The highest BCUT2D eigenvalue weighted by Gasteiger charge is 2.43. The standard InChI is InChI=1S/C24H31N3O3.H2/c1-3-18-30-23(29)26-13-8-20(9-14-26)25-15-10-24(11-16-25)12-17-27(19(2)28)22-7-5-4-6-21(22)24;/h1,4-7,20H,8-18H2,2H3;1H. The first-order valence-electron chi connectivity index (χ1n) is 11.0. The number of piperidine rings is 2. The summed E-state index contributed by atoms with van der Waals surface area (Å²) in [5, 5.41) is 0. The molecule has 3 aliphatic rings. The van der Waals surface area contributed by atoms with Gasteiger partial charge in [-0.25, -0.2) is 4.79 Å². The molecule has 0 aliphatic carbocycles. The molecule has 6 nitrogen and oxygen atoms in total. The van der Waals surface area contributed by atoms with Crippen LogP contribution in [0.5, 0.6) is 0 Å². The van der Waals surface area contributed by atoms with Crippen LogP contribution in [0, 0.1) is 12.3 Å². The van der Waals surface area contributed by atoms with Gasteiger partial charge in [0.1, 0.15) is 0 Å². The maximum Gasteiger partial charge on any atom is 0.410 e. The number of ether oxygens (including phenoxy) is 1. The van der Waals surface area contributed by atoms with Gasteiger partial charge in [-0.3, -0.25) is 4.79 Å². The molecule has 3 heterocycles. The molecule has 4 rings (SSSR count). The van der Waals surface area contributed by atoms with Gasteiger partial charge in [-0.2, -0.15) is 0 Å². The van der Waals surface area contributed by atoms with Gasteiger partial charge in [0, 0.05) is 45.1 Å². The van der Waals surface area contributed by atoms with Crippen molar-refractivity contribution >= 4 is 17.7 Å². The molecule has 0 saturated carbocycles. The summed E-state index contributed by atoms with van der Waals surface area (Å²) in [4.78, 5) is 30.4. The Hall–Kier alpha value is -2.52. The lowest BCUT2D eigenvalue weighted by Crippen LogP contribution is -2.53. The highest BCUT2D eigenvalue weighted by molar-refractivity contribution is 5.93. The lowest BCUT2D eigenvalue weighted by Gasteiger charge is -2.50. The van der Waals surface area contributed by atoms with E-state index < -0.39 is 0 Å². The summed E-state index contributed by atoms with van der Waals surface area (Å²) in [5.74, 6) is 2.47. The van der Waals surface area contributed by atoms with Crippen LogP contribution in [-0.2, 0) is 14.9 Å². The average Bonchev–Trinajstić information content (AvgIpc) is 2.78. The molecule has 1 spiro atoms. The van der Waals surface area contributed by atoms with Crippen LogP contribution < -0.4 is 4.90 Å². The number of terminal acetylenes is 1. The Morgan fingerprint density at radius 2 is 1.80 bits per heavy atom. The molecule has 2 saturated heterocycles. The van der Waals surface area contributed by atoms with Gasteiger partial charge in [0.15, 0.2) is 6.61 Å². The molecular weight excluding hydrogens is 378 g/mol. The maximum atomic E-state index is 12.1. The second-order valence-corrected chi connectivity index (χ2v) is 8.73. The van der Waals surface area contributed by atoms with E-state index in [0.29, 0.717) is 6.04 Å². The third-order valence-corrected chi connectivity index (χ3v) is 7.23. The van der Waals surface area contributed by atoms with Crippen molar-refractivity contribution < 1.29 is 15.8 Å². The molecule has 0 aromatic heterocycles. The van der Waals surface area contributed by atoms with E-state index in [1.54, 1.807) is 11.8 Å². The number of amides is 2. The summed E-state index contributed by atoms with van der Waals surface area (Å²) in [6.07, 6.45) is 10.1. The minimum atomic E-state index is -0.294. The SMILES string of the molecule is C#CCOC(=O)N1CCC(N2CCC3(CCN(C(C)=O)c4ccccc43)CC2)CC1.[HH]. The zero-order valence-electron chi connectivity index (χ0n) is 17.8. The third kappa shape index (κ3) is 3.91. The molecule has 3 aliphatic heterocycles. The normalized spacial score (nSPS) is 21.7. The molecule has 0 radical (unpaired) electrons. The Morgan fingerprint density at radius 3 is 2.47 bits per heavy atom. The summed E-state index contributed by atoms with van der Waals surface area (Å²) in [6, 6.07) is 8.97. The van der Waals surface area contributed by atoms with Crippen LogP contribution in [0.1, 0.15) is 46.0 Å². The number of fused-ring (bicyclic) bond motifs is 2. The predicted octanol–water partition coefficient (Wildman–Crippen LogP) is 3.26. The monoisotopic (exact) mass is 411 g/mol. The fraction of sp³-hybridized carbons (Fsp3) is 0.583. The highest BCUT2D eigenvalue weighted by Crippen LogP contribution is 2.47. The smallest absolute Gasteiger partial charge is 0.410 e. The number of para-hydroxylation sites is 1. The van der Waals surface area contributed by atoms with Crippen molar-refractivity contribution in [2.45, 2.75) is 50.5 Å². The van der Waals surface area contributed by atoms with Crippen molar-refractivity contribution in [3.8, 4) is 12.3 Å². The van der Waals surface area contributed by atoms with Gasteiger partial charge in [-0.15, -0.1) is 6.42 Å². The van der Waals surface area contributed by atoms with Gasteiger partial charge in [0.2, 0.25) is 5.91 Å². The number of carbonyl (C=O) groups is 2. The molecule has 2 fully saturated rings. The van der Waals surface area contributed by atoms with Crippen molar-refractivity contribution in [3.05, 3.63) is 29.8 Å². The molecular formula is C24H33N3O3. The van der Waals surface area contributed by atoms with E-state index in [0.717, 1.165) is 70.5 Å². The van der Waals surface area contributed by atoms with Crippen LogP contribution in [0.3, 0.4) is 0 Å². The highest BCUT2D eigenvalue weighted by atomic mass is 16.6. The van der Waals surface area contributed by atoms with Gasteiger partial charge in [0.25, 0.3) is 0 Å². The maximum absolute atomic E-state index is 12.1. The summed E-state index contributed by atoms with van der Waals surface area (Å²) in [5.41, 5.74) is 2.62. The molecule has 1 aromatic rings. The number of hydrogen-bond donors (Lipinski definition) is 0. The Balaban J connectivity index is 0.00000272. The molecule has 162 valence electrons. The number of rotatable bonds is 2. The zero-order chi connectivity index (χ0) is 21.1. The molecule has 1 aromatic carbocycles. The Labute approximate surface area is 180 Å². The topological polar surface area (TPSA) is 53.1 Å². The van der Waals surface area contributed by atoms with E-state index >= 15 is 0 Å². The number of anilines is 1. The first-order chi connectivity index (χ1) is 14.5. The van der Waals surface area contributed by atoms with Gasteiger partial charge in [-0.05, 0) is 56.8 Å². The molecule has 6 heteroatoms. The molecule has 0 bridgehead atoms. The molecule has 30 heavy (non-hydrogen) atoms. The van der Waals surface area contributed by atoms with E-state index in [2.05, 4.69) is 29.0 Å². The first kappa shape index (κ1) is 20.7. The fourth-order valence-corrected chi connectivity index (χ4v) is 5.51. The largest absolute Gasteiger partial charge is 0.436 e. The number of likely N-dealkylation sites (tertiary alicyclic amines) is 2. The first-order valence-corrected chi connectivity index (χ1v) is 11.0. The van der Waals surface area contributed by atoms with Gasteiger partial charge >= 0.3 is 6.09 Å². The van der Waals surface area contributed by atoms with E-state index in [-0.39, 0.29) is 25.4 Å². The van der Waals surface area contributed by atoms with Crippen LogP contribution in [0.25, 0.3) is 0 Å². The van der Waals surface area contributed by atoms with Gasteiger partial charge in [0.05, 0.1) is 0 Å². The van der Waals surface area contributed by atoms with Crippen LogP contribution in [0.2, 0.25) is 0 Å². The van der Waals surface area contributed by atoms with Crippen molar-refractivity contribution in [1.82, 2.24) is 9.80 Å². The predicted molar refractivity (Wildman–Crippen MR) is 118 cm³/mol. The summed E-state index contributed by atoms with van der Waals surface area (Å²) in [7, 11) is 0. The van der Waals surface area contributed by atoms with Gasteiger partial charge in [-0.1, -0.05) is 24.1 Å². The van der Waals surface area contributed by atoms with E-state index in [1.807, 2.05) is 11.0 Å². The Kier molecular flexibility index (Phi) is 6.01. The van der Waals surface area contributed by atoms with Crippen LogP contribution >= 0.6 is 0 Å². The zero-order valence-corrected chi connectivity index (χ0v) is 17.8. The quantitative estimate of drug-likeness (QED) is 0.701. The van der Waals surface area contributed by atoms with Crippen LogP contribution in [0.15, 0.2) is 24.3 Å². The Morgan fingerprint density at radius 1 is 1.13 bits per heavy atom. The number of carbonyl (C=O) groups excluding carboxylic acids is 2. The number of hydrogen-bond acceptors (Lipinski definition) is 4. The molecule has 0 N–H and O–H groups in total. The van der Waals surface area contributed by atoms with E-state index in [9.17, 15) is 9.59 Å². The average molecular weight is 412 g/mol. The summed E-state index contributed by atoms with van der Waals surface area (Å²) < 4.78 is 5.05. The number of nitrogens with zero attached hydrogens (tertiary/aromatic N) is 3. The minimum absolute atomic E-state index is 0. The minimum Gasteiger partial charge on any atom is -0.436 e. The van der Waals surface area contributed by atoms with Crippen molar-refractivity contribution in [2.75, 3.05) is 44.2 Å². The fourth-order valence-electron chi connectivity index (χ4n) is 5.51. The summed E-state index contributed by atoms with van der Waals surface area (Å²) >= 11 is 0. The van der Waals surface area contributed by atoms with Crippen molar-refractivity contribution in [2.24, 2.45) is 0 Å². The van der Waals surface area contributed by atoms with Crippen LogP contribution in [0.4, 0.5) is 10.5 Å². The van der Waals surface area contributed by atoms with E-state index in [1.165, 1.54) is 5.56 Å². The molecule has 0 atom stereocenters. The van der Waals surface area contributed by atoms with E-state index in [4.69, 9.17) is 11.2 Å². The van der Waals surface area contributed by atoms with Gasteiger partial charge < -0.3 is 19.4 Å². The Bertz CT molecular complexity index is 837. The number of benzene rings is 1. The molecule has 2 amide bonds. The van der Waals surface area contributed by atoms with Crippen molar-refractivity contribution in [1.29, 1.82) is 0 Å². The lowest BCUT2D eigenvalue weighted by atomic mass is 9.67. The second-order valence-electron chi connectivity index (χ2n) is 8.73. The third-order valence-electron chi connectivity index (χ3n) is 7.23.